The van der Waals surface area contributed by atoms with Crippen LogP contribution in [-0.4, -0.2) is 40.5 Å². The molecule has 14 heteroatoms. The smallest absolute Gasteiger partial charge is 0.0689 e. The molecule has 0 heterocycles. The first-order valence-corrected chi connectivity index (χ1v) is 1.64. The van der Waals surface area contributed by atoms with E-state index >= 15 is 0 Å². The molecule has 0 atom stereocenters. The molecule has 2 N–H and O–H groups in total. The van der Waals surface area contributed by atoms with E-state index in [0.29, 0.717) is 0 Å². The van der Waals surface area contributed by atoms with Crippen molar-refractivity contribution in [3.8, 4) is 0 Å². The Kier molecular flexibility index (Phi) is 47.4. The molecule has 0 fully saturated rings. The van der Waals surface area contributed by atoms with E-state index in [1.54, 1.807) is 0 Å². The van der Waals surface area contributed by atoms with E-state index in [4.69, 9.17) is 46.0 Å². The van der Waals surface area contributed by atoms with Crippen molar-refractivity contribution in [3.63, 3.8) is 0 Å². The van der Waals surface area contributed by atoms with Crippen LogP contribution in [0.25, 0.3) is 0 Å². The maximum atomic E-state index is 8.25. The Morgan fingerprint density at radius 3 is 0.571 bits per heavy atom. The first-order chi connectivity index (χ1) is 5.20. The van der Waals surface area contributed by atoms with Crippen LogP contribution < -0.4 is 0 Å². The van der Waals surface area contributed by atoms with E-state index < -0.39 is 15.3 Å². The molecule has 0 amide bonds. The van der Waals surface area contributed by atoms with Gasteiger partial charge in [0.15, 0.2) is 0 Å². The average molecular weight is 274 g/mol. The maximum absolute atomic E-state index is 8.25. The van der Waals surface area contributed by atoms with Gasteiger partial charge in [0.1, 0.15) is 0 Å². The minimum atomic E-state index is -1.75. The van der Waals surface area contributed by atoms with E-state index in [0.717, 1.165) is 0 Å². The fraction of sp³-hybridized carbons (Fsp3) is 0. The summed E-state index contributed by atoms with van der Waals surface area (Å²) in [7, 11) is 0. The van der Waals surface area contributed by atoms with E-state index in [9.17, 15) is 0 Å². The molecule has 0 aromatic carbocycles. The quantitative estimate of drug-likeness (QED) is 0.271. The number of rotatable bonds is 0. The molecule has 0 aromatic rings. The summed E-state index contributed by atoms with van der Waals surface area (Å²) >= 11 is 0. The van der Waals surface area contributed by atoms with Crippen LogP contribution >= 0.6 is 0 Å². The van der Waals surface area contributed by atoms with E-state index in [2.05, 4.69) is 0 Å². The zero-order chi connectivity index (χ0) is 10.7. The minimum absolute atomic E-state index is 0. The van der Waals surface area contributed by atoms with Crippen LogP contribution in [0.3, 0.4) is 0 Å². The molecule has 0 aliphatic heterocycles. The molecular formula is H2GaN3O10-3. The van der Waals surface area contributed by atoms with Crippen LogP contribution in [0.2, 0.25) is 0 Å². The second-order valence-corrected chi connectivity index (χ2v) is 0.671. The van der Waals surface area contributed by atoms with Crippen molar-refractivity contribution in [3.05, 3.63) is 46.0 Å². The zero-order valence-electron chi connectivity index (χ0n) is 6.09. The Hall–Kier alpha value is -1.80. The third-order valence-electron chi connectivity index (χ3n) is 0. The third-order valence-corrected chi connectivity index (χ3v) is 0. The van der Waals surface area contributed by atoms with Crippen LogP contribution in [0.1, 0.15) is 0 Å². The molecule has 14 heavy (non-hydrogen) atoms. The number of hydrogen-bond acceptors (Lipinski definition) is 9. The van der Waals surface area contributed by atoms with Crippen LogP contribution in [0.4, 0.5) is 0 Å². The SMILES string of the molecule is O.O=[N+]([O-])[O-].O=[N+]([O-])[O-].O=[N+]([O-])[O-].[Ga]. The summed E-state index contributed by atoms with van der Waals surface area (Å²) < 4.78 is 0. The van der Waals surface area contributed by atoms with Crippen LogP contribution in [0.15, 0.2) is 0 Å². The first kappa shape index (κ1) is 29.5. The van der Waals surface area contributed by atoms with E-state index in [-0.39, 0.29) is 25.3 Å². The Labute approximate surface area is 87.3 Å². The van der Waals surface area contributed by atoms with Crippen molar-refractivity contribution in [1.29, 1.82) is 0 Å². The van der Waals surface area contributed by atoms with Gasteiger partial charge in [-0.2, -0.15) is 0 Å². The summed E-state index contributed by atoms with van der Waals surface area (Å²) in [4.78, 5) is 24.8. The standard InChI is InChI=1S/Ga.3NO3.H2O/c;3*2-1(3)4;/h;;;;1H2/q;3*-1;. The summed E-state index contributed by atoms with van der Waals surface area (Å²) in [5.41, 5.74) is 0. The first-order valence-electron chi connectivity index (χ1n) is 1.64. The summed E-state index contributed by atoms with van der Waals surface area (Å²) in [5, 5.41) is 44.2. The van der Waals surface area contributed by atoms with Crippen molar-refractivity contribution >= 4 is 19.8 Å². The summed E-state index contributed by atoms with van der Waals surface area (Å²) in [6, 6.07) is 0. The van der Waals surface area contributed by atoms with Crippen LogP contribution in [-0.2, 0) is 0 Å². The Balaban J connectivity index is -0.0000000270. The Bertz CT molecular complexity index is 113. The largest absolute Gasteiger partial charge is 0.412 e. The van der Waals surface area contributed by atoms with Crippen molar-refractivity contribution in [1.82, 2.24) is 0 Å². The second kappa shape index (κ2) is 22.5. The predicted molar refractivity (Wildman–Crippen MR) is 40.5 cm³/mol. The van der Waals surface area contributed by atoms with Gasteiger partial charge in [-0.25, -0.2) is 0 Å². The molecule has 0 saturated carbocycles. The summed E-state index contributed by atoms with van der Waals surface area (Å²) in [6.07, 6.45) is 0. The zero-order valence-corrected chi connectivity index (χ0v) is 8.52. The molecule has 0 unspecified atom stereocenters. The maximum Gasteiger partial charge on any atom is 0.0689 e. The average Bonchev–Trinajstić information content (AvgIpc) is 1.54. The number of hydrogen-bond donors (Lipinski definition) is 0. The van der Waals surface area contributed by atoms with Gasteiger partial charge < -0.3 is 51.4 Å². The van der Waals surface area contributed by atoms with Crippen molar-refractivity contribution in [2.75, 3.05) is 0 Å². The van der Waals surface area contributed by atoms with Crippen molar-refractivity contribution in [2.24, 2.45) is 0 Å². The third kappa shape index (κ3) is 265. The van der Waals surface area contributed by atoms with Gasteiger partial charge in [0.2, 0.25) is 0 Å². The molecule has 13 nitrogen and oxygen atoms in total. The Morgan fingerprint density at radius 1 is 0.571 bits per heavy atom. The molecule has 0 bridgehead atoms. The minimum Gasteiger partial charge on any atom is -0.412 e. The van der Waals surface area contributed by atoms with Gasteiger partial charge in [-0.1, -0.05) is 0 Å². The van der Waals surface area contributed by atoms with Gasteiger partial charge in [-0.15, -0.1) is 0 Å². The fourth-order valence-corrected chi connectivity index (χ4v) is 0. The molecule has 0 aliphatic carbocycles. The summed E-state index contributed by atoms with van der Waals surface area (Å²) in [5.74, 6) is 0. The van der Waals surface area contributed by atoms with Gasteiger partial charge in [0.25, 0.3) is 0 Å². The molecule has 0 rings (SSSR count). The van der Waals surface area contributed by atoms with Gasteiger partial charge in [-0.05, 0) is 0 Å². The molecular weight excluding hydrogens is 272 g/mol. The van der Waals surface area contributed by atoms with Crippen molar-refractivity contribution < 1.29 is 20.7 Å². The molecule has 0 saturated heterocycles. The monoisotopic (exact) mass is 273 g/mol. The molecule has 3 radical (unpaired) electrons. The van der Waals surface area contributed by atoms with Crippen molar-refractivity contribution in [2.45, 2.75) is 0 Å². The topological polar surface area (TPSA) is 230 Å². The fourth-order valence-electron chi connectivity index (χ4n) is 0. The van der Waals surface area contributed by atoms with Gasteiger partial charge in [0.05, 0.1) is 15.3 Å². The van der Waals surface area contributed by atoms with Gasteiger partial charge in [-0.3, -0.25) is 0 Å². The molecule has 83 valence electrons. The number of nitrogens with zero attached hydrogens (tertiary/aromatic N) is 3. The van der Waals surface area contributed by atoms with E-state index in [1.165, 1.54) is 0 Å². The molecule has 0 aliphatic rings. The second-order valence-electron chi connectivity index (χ2n) is 0.671. The summed E-state index contributed by atoms with van der Waals surface area (Å²) in [6.45, 7) is 0. The molecule has 0 aromatic heterocycles. The van der Waals surface area contributed by atoms with Crippen LogP contribution in [0.5, 0.6) is 0 Å². The van der Waals surface area contributed by atoms with Gasteiger partial charge in [0, 0.05) is 19.8 Å². The Morgan fingerprint density at radius 2 is 0.571 bits per heavy atom. The van der Waals surface area contributed by atoms with Gasteiger partial charge >= 0.3 is 0 Å². The normalized spacial score (nSPS) is 5.14. The van der Waals surface area contributed by atoms with E-state index in [1.807, 2.05) is 0 Å². The predicted octanol–water partition coefficient (Wildman–Crippen LogP) is -1.92. The van der Waals surface area contributed by atoms with Crippen LogP contribution in [0, 0.1) is 46.0 Å². The molecule has 0 spiro atoms.